The first-order chi connectivity index (χ1) is 12.2. The van der Waals surface area contributed by atoms with E-state index in [0.717, 1.165) is 12.8 Å². The minimum Gasteiger partial charge on any atom is -0.369 e. The fraction of sp³-hybridized carbons (Fsp3) is 0.667. The number of thiazole rings is 1. The molecule has 1 aromatic heterocycles. The lowest BCUT2D eigenvalue weighted by Crippen LogP contribution is -2.65. The van der Waals surface area contributed by atoms with Gasteiger partial charge in [0.15, 0.2) is 0 Å². The maximum Gasteiger partial charge on any atom is 0.265 e. The zero-order chi connectivity index (χ0) is 18.7. The number of nitrogens with zero attached hydrogens (tertiary/aromatic N) is 3. The number of nitrogens with two attached hydrogens (primary N) is 1. The topological polar surface area (TPSA) is 96.6 Å². The molecule has 0 bridgehead atoms. The summed E-state index contributed by atoms with van der Waals surface area (Å²) in [5.41, 5.74) is 6.51. The molecular weight excluding hydrogens is 352 g/mol. The van der Waals surface area contributed by atoms with Crippen LogP contribution in [-0.4, -0.2) is 58.7 Å². The summed E-state index contributed by atoms with van der Waals surface area (Å²) in [4.78, 5) is 45.6. The summed E-state index contributed by atoms with van der Waals surface area (Å²) in [5, 5.41) is 0. The highest BCUT2D eigenvalue weighted by Crippen LogP contribution is 2.50. The van der Waals surface area contributed by atoms with Gasteiger partial charge in [0.25, 0.3) is 5.91 Å². The Morgan fingerprint density at radius 3 is 2.42 bits per heavy atom. The Labute approximate surface area is 156 Å². The number of likely N-dealkylation sites (tertiary alicyclic amines) is 2. The van der Waals surface area contributed by atoms with E-state index >= 15 is 0 Å². The van der Waals surface area contributed by atoms with Crippen LogP contribution < -0.4 is 5.73 Å². The number of carbonyl (C=O) groups excluding carboxylic acids is 3. The summed E-state index contributed by atoms with van der Waals surface area (Å²) < 4.78 is 0. The molecule has 1 aliphatic carbocycles. The number of amides is 3. The van der Waals surface area contributed by atoms with Crippen molar-refractivity contribution >= 4 is 29.1 Å². The second-order valence-corrected chi connectivity index (χ2v) is 9.41. The molecule has 2 aliphatic heterocycles. The summed E-state index contributed by atoms with van der Waals surface area (Å²) in [6.07, 6.45) is 3.77. The standard InChI is InChI=1S/C18H24N4O3S/c1-17(2,11-3-4-11)16(25)22-8-18(9-22)7-21(6-12(18)14(19)23)15(24)13-5-20-10-26-13/h5,10-12H,3-4,6-9H2,1-2H3,(H2,19,23)/t12-/m0/s1. The molecule has 3 aliphatic rings. The van der Waals surface area contributed by atoms with E-state index in [1.807, 2.05) is 18.7 Å². The van der Waals surface area contributed by atoms with Gasteiger partial charge in [0.2, 0.25) is 11.8 Å². The molecule has 0 aromatic carbocycles. The zero-order valence-electron chi connectivity index (χ0n) is 15.1. The molecule has 3 fully saturated rings. The lowest BCUT2D eigenvalue weighted by molar-refractivity contribution is -0.158. The average molecular weight is 376 g/mol. The van der Waals surface area contributed by atoms with Gasteiger partial charge >= 0.3 is 0 Å². The first kappa shape index (κ1) is 17.5. The van der Waals surface area contributed by atoms with Crippen LogP contribution in [0.4, 0.5) is 0 Å². The largest absolute Gasteiger partial charge is 0.369 e. The summed E-state index contributed by atoms with van der Waals surface area (Å²) in [6, 6.07) is 0. The molecule has 1 spiro atoms. The molecule has 2 saturated heterocycles. The number of carbonyl (C=O) groups is 3. The van der Waals surface area contributed by atoms with Gasteiger partial charge in [0.05, 0.1) is 17.6 Å². The molecule has 0 unspecified atom stereocenters. The van der Waals surface area contributed by atoms with E-state index in [1.54, 1.807) is 16.6 Å². The maximum absolute atomic E-state index is 12.9. The fourth-order valence-corrected chi connectivity index (χ4v) is 5.14. The molecule has 26 heavy (non-hydrogen) atoms. The van der Waals surface area contributed by atoms with Gasteiger partial charge in [0, 0.05) is 37.0 Å². The van der Waals surface area contributed by atoms with Crippen molar-refractivity contribution in [1.29, 1.82) is 0 Å². The second-order valence-electron chi connectivity index (χ2n) is 8.53. The number of aromatic nitrogens is 1. The smallest absolute Gasteiger partial charge is 0.265 e. The molecule has 3 amide bonds. The van der Waals surface area contributed by atoms with Crippen LogP contribution in [0.1, 0.15) is 36.4 Å². The molecule has 2 N–H and O–H groups in total. The quantitative estimate of drug-likeness (QED) is 0.847. The molecular formula is C18H24N4O3S. The van der Waals surface area contributed by atoms with E-state index in [9.17, 15) is 14.4 Å². The molecule has 0 radical (unpaired) electrons. The number of hydrogen-bond acceptors (Lipinski definition) is 5. The number of primary amides is 1. The van der Waals surface area contributed by atoms with Gasteiger partial charge in [-0.2, -0.15) is 0 Å². The molecule has 8 heteroatoms. The van der Waals surface area contributed by atoms with Gasteiger partial charge < -0.3 is 15.5 Å². The van der Waals surface area contributed by atoms with Gasteiger partial charge in [-0.25, -0.2) is 0 Å². The van der Waals surface area contributed by atoms with Crippen molar-refractivity contribution < 1.29 is 14.4 Å². The van der Waals surface area contributed by atoms with E-state index in [1.165, 1.54) is 11.3 Å². The highest BCUT2D eigenvalue weighted by molar-refractivity contribution is 7.11. The Hall–Kier alpha value is -1.96. The Balaban J connectivity index is 1.48. The summed E-state index contributed by atoms with van der Waals surface area (Å²) in [7, 11) is 0. The highest BCUT2D eigenvalue weighted by atomic mass is 32.1. The van der Waals surface area contributed by atoms with Gasteiger partial charge in [-0.15, -0.1) is 11.3 Å². The van der Waals surface area contributed by atoms with Crippen LogP contribution >= 0.6 is 11.3 Å². The second kappa shape index (κ2) is 5.77. The van der Waals surface area contributed by atoms with E-state index in [-0.39, 0.29) is 17.2 Å². The summed E-state index contributed by atoms with van der Waals surface area (Å²) in [5.74, 6) is -0.295. The van der Waals surface area contributed by atoms with Crippen LogP contribution in [0.25, 0.3) is 0 Å². The zero-order valence-corrected chi connectivity index (χ0v) is 15.9. The molecule has 3 heterocycles. The maximum atomic E-state index is 12.9. The van der Waals surface area contributed by atoms with E-state index < -0.39 is 17.2 Å². The van der Waals surface area contributed by atoms with Gasteiger partial charge in [0.1, 0.15) is 4.88 Å². The van der Waals surface area contributed by atoms with E-state index in [0.29, 0.717) is 37.0 Å². The SMILES string of the molecule is CC(C)(C(=O)N1CC2(CN(C(=O)c3cncs3)C[C@H]2C(N)=O)C1)C1CC1. The fourth-order valence-electron chi connectivity index (χ4n) is 4.56. The van der Waals surface area contributed by atoms with Crippen molar-refractivity contribution in [3.63, 3.8) is 0 Å². The third-order valence-corrected chi connectivity index (χ3v) is 7.13. The Bertz CT molecular complexity index is 750. The minimum absolute atomic E-state index is 0.112. The van der Waals surface area contributed by atoms with Crippen LogP contribution in [0.2, 0.25) is 0 Å². The van der Waals surface area contributed by atoms with Crippen LogP contribution in [-0.2, 0) is 9.59 Å². The Morgan fingerprint density at radius 1 is 1.23 bits per heavy atom. The van der Waals surface area contributed by atoms with Crippen LogP contribution in [0.15, 0.2) is 11.7 Å². The normalized spacial score (nSPS) is 24.6. The average Bonchev–Trinajstić information content (AvgIpc) is 3.14. The predicted molar refractivity (Wildman–Crippen MR) is 96.2 cm³/mol. The first-order valence-corrected chi connectivity index (χ1v) is 9.89. The third-order valence-electron chi connectivity index (χ3n) is 6.37. The lowest BCUT2D eigenvalue weighted by Gasteiger charge is -2.52. The van der Waals surface area contributed by atoms with Crippen LogP contribution in [0.5, 0.6) is 0 Å². The van der Waals surface area contributed by atoms with Gasteiger partial charge in [-0.3, -0.25) is 19.4 Å². The predicted octanol–water partition coefficient (Wildman–Crippen LogP) is 0.965. The van der Waals surface area contributed by atoms with E-state index in [4.69, 9.17) is 5.73 Å². The highest BCUT2D eigenvalue weighted by Gasteiger charge is 2.60. The summed E-state index contributed by atoms with van der Waals surface area (Å²) in [6.45, 7) is 5.81. The van der Waals surface area contributed by atoms with Crippen molar-refractivity contribution in [1.82, 2.24) is 14.8 Å². The van der Waals surface area contributed by atoms with Crippen LogP contribution in [0.3, 0.4) is 0 Å². The molecule has 4 rings (SSSR count). The van der Waals surface area contributed by atoms with Crippen molar-refractivity contribution in [2.24, 2.45) is 28.4 Å². The monoisotopic (exact) mass is 376 g/mol. The Kier molecular flexibility index (Phi) is 3.87. The molecule has 7 nitrogen and oxygen atoms in total. The van der Waals surface area contributed by atoms with E-state index in [2.05, 4.69) is 4.98 Å². The molecule has 1 atom stereocenters. The Morgan fingerprint density at radius 2 is 1.88 bits per heavy atom. The van der Waals surface area contributed by atoms with Crippen molar-refractivity contribution in [2.75, 3.05) is 26.2 Å². The van der Waals surface area contributed by atoms with Crippen molar-refractivity contribution in [2.45, 2.75) is 26.7 Å². The third kappa shape index (κ3) is 2.62. The first-order valence-electron chi connectivity index (χ1n) is 9.01. The number of hydrogen-bond donors (Lipinski definition) is 1. The van der Waals surface area contributed by atoms with Crippen molar-refractivity contribution in [3.05, 3.63) is 16.6 Å². The van der Waals surface area contributed by atoms with Crippen LogP contribution in [0, 0.1) is 22.7 Å². The molecule has 140 valence electrons. The van der Waals surface area contributed by atoms with Gasteiger partial charge in [-0.05, 0) is 18.8 Å². The minimum atomic E-state index is -0.410. The van der Waals surface area contributed by atoms with Crippen molar-refractivity contribution in [3.8, 4) is 0 Å². The molecule has 1 saturated carbocycles. The lowest BCUT2D eigenvalue weighted by atomic mass is 9.70. The van der Waals surface area contributed by atoms with Gasteiger partial charge in [-0.1, -0.05) is 13.8 Å². The number of rotatable bonds is 4. The summed E-state index contributed by atoms with van der Waals surface area (Å²) >= 11 is 1.29. The molecule has 1 aromatic rings.